The number of aromatic nitrogens is 4. The Labute approximate surface area is 222 Å². The fourth-order valence-corrected chi connectivity index (χ4v) is 4.07. The molecule has 3 N–H and O–H groups in total. The third kappa shape index (κ3) is 5.54. The van der Waals surface area contributed by atoms with Gasteiger partial charge in [-0.15, -0.1) is 0 Å². The zero-order valence-electron chi connectivity index (χ0n) is 21.9. The van der Waals surface area contributed by atoms with E-state index in [1.807, 2.05) is 76.5 Å². The number of aryl methyl sites for hydroxylation is 2. The van der Waals surface area contributed by atoms with E-state index in [0.29, 0.717) is 0 Å². The second kappa shape index (κ2) is 10.6. The summed E-state index contributed by atoms with van der Waals surface area (Å²) in [7, 11) is 4.05. The summed E-state index contributed by atoms with van der Waals surface area (Å²) in [6, 6.07) is 19.9. The van der Waals surface area contributed by atoms with Gasteiger partial charge in [0.1, 0.15) is 11.6 Å². The second-order valence-corrected chi connectivity index (χ2v) is 9.26. The van der Waals surface area contributed by atoms with Gasteiger partial charge in [-0.1, -0.05) is 6.58 Å². The van der Waals surface area contributed by atoms with Crippen molar-refractivity contribution in [3.05, 3.63) is 103 Å². The molecule has 0 atom stereocenters. The molecule has 0 spiro atoms. The average Bonchev–Trinajstić information content (AvgIpc) is 2.90. The van der Waals surface area contributed by atoms with Crippen LogP contribution in [0.1, 0.15) is 17.0 Å². The summed E-state index contributed by atoms with van der Waals surface area (Å²) in [5, 5.41) is 11.2. The van der Waals surface area contributed by atoms with E-state index in [-0.39, 0.29) is 0 Å². The van der Waals surface area contributed by atoms with Crippen LogP contribution in [-0.2, 0) is 0 Å². The number of pyridine rings is 4. The van der Waals surface area contributed by atoms with Crippen LogP contribution in [0.2, 0.25) is 0 Å². The van der Waals surface area contributed by atoms with E-state index in [9.17, 15) is 0 Å². The van der Waals surface area contributed by atoms with Gasteiger partial charge in [0.25, 0.3) is 0 Å². The number of rotatable bonds is 8. The van der Waals surface area contributed by atoms with Crippen LogP contribution < -0.4 is 20.9 Å². The van der Waals surface area contributed by atoms with Gasteiger partial charge < -0.3 is 20.9 Å². The summed E-state index contributed by atoms with van der Waals surface area (Å²) in [6.45, 7) is 8.13. The van der Waals surface area contributed by atoms with Crippen molar-refractivity contribution in [3.63, 3.8) is 0 Å². The van der Waals surface area contributed by atoms with E-state index in [2.05, 4.69) is 59.5 Å². The summed E-state index contributed by atoms with van der Waals surface area (Å²) in [6.07, 6.45) is 5.38. The Balaban J connectivity index is 1.27. The first-order valence-electron chi connectivity index (χ1n) is 12.3. The smallest absolute Gasteiger partial charge is 0.130 e. The highest BCUT2D eigenvalue weighted by atomic mass is 15.1. The van der Waals surface area contributed by atoms with Gasteiger partial charge in [-0.25, -0.2) is 9.97 Å². The van der Waals surface area contributed by atoms with Crippen molar-refractivity contribution < 1.29 is 0 Å². The average molecular weight is 503 g/mol. The molecule has 0 saturated heterocycles. The molecule has 190 valence electrons. The first-order valence-corrected chi connectivity index (χ1v) is 12.3. The van der Waals surface area contributed by atoms with Gasteiger partial charge in [0, 0.05) is 66.4 Å². The van der Waals surface area contributed by atoms with Gasteiger partial charge in [-0.05, 0) is 74.5 Å². The maximum Gasteiger partial charge on any atom is 0.130 e. The number of nitrogens with zero attached hydrogens (tertiary/aromatic N) is 5. The van der Waals surface area contributed by atoms with Crippen LogP contribution in [0, 0.1) is 13.8 Å². The van der Waals surface area contributed by atoms with Crippen LogP contribution >= 0.6 is 0 Å². The largest absolute Gasteiger partial charge is 0.378 e. The molecule has 5 aromatic rings. The van der Waals surface area contributed by atoms with Crippen molar-refractivity contribution in [2.45, 2.75) is 13.8 Å². The number of anilines is 6. The lowest BCUT2D eigenvalue weighted by Crippen LogP contribution is -2.08. The van der Waals surface area contributed by atoms with E-state index in [1.165, 1.54) is 0 Å². The fraction of sp³-hybridized carbons (Fsp3) is 0.133. The summed E-state index contributed by atoms with van der Waals surface area (Å²) in [5.74, 6) is 1.51. The Hall–Kier alpha value is -4.98. The SMILES string of the molecule is C=C(Nc1ccc(Nc2ccnc(C)c2)nc1C)c1ccc(Nc2ccnc3ccc(N(C)C)cc23)nc1. The highest BCUT2D eigenvalue weighted by molar-refractivity contribution is 5.94. The predicted octanol–water partition coefficient (Wildman–Crippen LogP) is 6.67. The molecule has 0 saturated carbocycles. The van der Waals surface area contributed by atoms with Crippen molar-refractivity contribution in [1.29, 1.82) is 0 Å². The van der Waals surface area contributed by atoms with Crippen molar-refractivity contribution in [3.8, 4) is 0 Å². The van der Waals surface area contributed by atoms with Crippen LogP contribution in [0.15, 0.2) is 85.8 Å². The maximum absolute atomic E-state index is 4.68. The fourth-order valence-electron chi connectivity index (χ4n) is 4.07. The van der Waals surface area contributed by atoms with Crippen LogP contribution in [0.25, 0.3) is 16.6 Å². The maximum atomic E-state index is 4.68. The molecule has 0 amide bonds. The van der Waals surface area contributed by atoms with Gasteiger partial charge in [0.15, 0.2) is 0 Å². The normalized spacial score (nSPS) is 10.7. The number of fused-ring (bicyclic) bond motifs is 1. The molecule has 0 fully saturated rings. The summed E-state index contributed by atoms with van der Waals surface area (Å²) < 4.78 is 0. The topological polar surface area (TPSA) is 90.9 Å². The van der Waals surface area contributed by atoms with Crippen LogP contribution in [0.3, 0.4) is 0 Å². The molecule has 38 heavy (non-hydrogen) atoms. The predicted molar refractivity (Wildman–Crippen MR) is 157 cm³/mol. The molecule has 5 rings (SSSR count). The minimum Gasteiger partial charge on any atom is -0.378 e. The van der Waals surface area contributed by atoms with Crippen molar-refractivity contribution in [2.24, 2.45) is 0 Å². The lowest BCUT2D eigenvalue weighted by atomic mass is 10.1. The molecule has 0 aliphatic rings. The monoisotopic (exact) mass is 502 g/mol. The third-order valence-corrected chi connectivity index (χ3v) is 6.16. The lowest BCUT2D eigenvalue weighted by Gasteiger charge is -2.15. The Morgan fingerprint density at radius 2 is 1.61 bits per heavy atom. The second-order valence-electron chi connectivity index (χ2n) is 9.26. The molecule has 1 aromatic carbocycles. The molecule has 4 heterocycles. The Bertz CT molecular complexity index is 1610. The van der Waals surface area contributed by atoms with Crippen molar-refractivity contribution in [2.75, 3.05) is 34.9 Å². The quantitative estimate of drug-likeness (QED) is 0.217. The highest BCUT2D eigenvalue weighted by Gasteiger charge is 2.08. The van der Waals surface area contributed by atoms with Gasteiger partial charge >= 0.3 is 0 Å². The molecular formula is C30H30N8. The first-order chi connectivity index (χ1) is 18.4. The standard InChI is InChI=1S/C30H30N8/c1-19-16-23(12-14-31-19)36-30-11-9-26(21(3)35-30)34-20(2)22-6-10-29(33-18-22)37-28-13-15-32-27-8-7-24(38(4)5)17-25(27)28/h6-18,34H,2H2,1,3-5H3,(H,31,35,36)(H,32,33,37). The van der Waals surface area contributed by atoms with Crippen LogP contribution in [0.4, 0.5) is 34.4 Å². The van der Waals surface area contributed by atoms with Crippen LogP contribution in [-0.4, -0.2) is 34.0 Å². The molecule has 0 bridgehead atoms. The third-order valence-electron chi connectivity index (χ3n) is 6.16. The molecule has 8 heteroatoms. The minimum atomic E-state index is 0.740. The summed E-state index contributed by atoms with van der Waals surface area (Å²) in [4.78, 5) is 20.1. The molecule has 0 radical (unpaired) electrons. The van der Waals surface area contributed by atoms with Crippen molar-refractivity contribution in [1.82, 2.24) is 19.9 Å². The summed E-state index contributed by atoms with van der Waals surface area (Å²) in [5.41, 5.74) is 8.26. The Morgan fingerprint density at radius 1 is 0.789 bits per heavy atom. The lowest BCUT2D eigenvalue weighted by molar-refractivity contribution is 1.13. The van der Waals surface area contributed by atoms with E-state index in [0.717, 1.165) is 67.9 Å². The van der Waals surface area contributed by atoms with Crippen molar-refractivity contribution >= 4 is 51.0 Å². The Morgan fingerprint density at radius 3 is 2.34 bits per heavy atom. The zero-order chi connectivity index (χ0) is 26.6. The van der Waals surface area contributed by atoms with Crippen LogP contribution in [0.5, 0.6) is 0 Å². The number of nitrogens with one attached hydrogen (secondary N) is 3. The molecule has 0 aliphatic carbocycles. The highest BCUT2D eigenvalue weighted by Crippen LogP contribution is 2.29. The number of hydrogen-bond donors (Lipinski definition) is 3. The molecular weight excluding hydrogens is 472 g/mol. The molecule has 4 aromatic heterocycles. The van der Waals surface area contributed by atoms with E-state index >= 15 is 0 Å². The summed E-state index contributed by atoms with van der Waals surface area (Å²) >= 11 is 0. The van der Waals surface area contributed by atoms with Gasteiger partial charge in [0.05, 0.1) is 22.6 Å². The van der Waals surface area contributed by atoms with Gasteiger partial charge in [0.2, 0.25) is 0 Å². The molecule has 0 aliphatic heterocycles. The van der Waals surface area contributed by atoms with E-state index in [1.54, 1.807) is 18.6 Å². The molecule has 0 unspecified atom stereocenters. The number of hydrogen-bond acceptors (Lipinski definition) is 8. The Kier molecular flexibility index (Phi) is 6.86. The van der Waals surface area contributed by atoms with Gasteiger partial charge in [-0.2, -0.15) is 0 Å². The van der Waals surface area contributed by atoms with Gasteiger partial charge in [-0.3, -0.25) is 9.97 Å². The zero-order valence-corrected chi connectivity index (χ0v) is 21.9. The molecule has 8 nitrogen and oxygen atoms in total. The van der Waals surface area contributed by atoms with E-state index < -0.39 is 0 Å². The number of benzene rings is 1. The minimum absolute atomic E-state index is 0.740. The first kappa shape index (κ1) is 24.7. The van der Waals surface area contributed by atoms with E-state index in [4.69, 9.17) is 0 Å².